The van der Waals surface area contributed by atoms with E-state index >= 15 is 0 Å². The molecule has 1 fully saturated rings. The fourth-order valence-electron chi connectivity index (χ4n) is 2.95. The second-order valence-electron chi connectivity index (χ2n) is 6.51. The molecule has 1 N–H and O–H groups in total. The number of benzene rings is 2. The van der Waals surface area contributed by atoms with Crippen LogP contribution in [-0.2, 0) is 14.8 Å². The first kappa shape index (κ1) is 19.4. The summed E-state index contributed by atoms with van der Waals surface area (Å²) in [6, 6.07) is 16.4. The number of nitrogens with zero attached hydrogens (tertiary/aromatic N) is 1. The number of anilines is 1. The molecule has 1 saturated heterocycles. The van der Waals surface area contributed by atoms with Crippen LogP contribution in [0.2, 0.25) is 0 Å². The maximum atomic E-state index is 12.3. The third-order valence-electron chi connectivity index (χ3n) is 4.41. The summed E-state index contributed by atoms with van der Waals surface area (Å²) < 4.78 is 31.8. The Kier molecular flexibility index (Phi) is 6.47. The zero-order valence-electron chi connectivity index (χ0n) is 15.1. The summed E-state index contributed by atoms with van der Waals surface area (Å²) in [7, 11) is -3.36. The van der Waals surface area contributed by atoms with Crippen molar-refractivity contribution in [2.75, 3.05) is 24.2 Å². The standard InChI is InChI=1S/C20H24N2O4S/c23-20(13-16-27(24,25)22-14-5-2-6-15-22)21-17-9-11-19(12-10-17)26-18-7-3-1-4-8-18/h1,3-4,7-12H,2,5-6,13-16H2,(H,21,23). The molecular formula is C20H24N2O4S. The molecule has 2 aromatic carbocycles. The van der Waals surface area contributed by atoms with E-state index in [1.807, 2.05) is 30.3 Å². The average molecular weight is 388 g/mol. The van der Waals surface area contributed by atoms with Gasteiger partial charge in [0.05, 0.1) is 5.75 Å². The Hall–Kier alpha value is -2.38. The number of para-hydroxylation sites is 1. The van der Waals surface area contributed by atoms with Gasteiger partial charge in [-0.2, -0.15) is 0 Å². The lowest BCUT2D eigenvalue weighted by Gasteiger charge is -2.25. The largest absolute Gasteiger partial charge is 0.457 e. The van der Waals surface area contributed by atoms with Crippen LogP contribution in [0.15, 0.2) is 54.6 Å². The molecule has 0 atom stereocenters. The highest BCUT2D eigenvalue weighted by Crippen LogP contribution is 2.22. The van der Waals surface area contributed by atoms with Crippen LogP contribution in [0.25, 0.3) is 0 Å². The van der Waals surface area contributed by atoms with Crippen LogP contribution in [0.4, 0.5) is 5.69 Å². The maximum Gasteiger partial charge on any atom is 0.225 e. The Balaban J connectivity index is 1.49. The number of rotatable bonds is 7. The summed E-state index contributed by atoms with van der Waals surface area (Å²) in [5.41, 5.74) is 0.607. The van der Waals surface area contributed by atoms with Crippen molar-refractivity contribution in [3.05, 3.63) is 54.6 Å². The number of piperidine rings is 1. The highest BCUT2D eigenvalue weighted by atomic mass is 32.2. The van der Waals surface area contributed by atoms with Gasteiger partial charge in [-0.15, -0.1) is 0 Å². The number of sulfonamides is 1. The van der Waals surface area contributed by atoms with Crippen LogP contribution >= 0.6 is 0 Å². The van der Waals surface area contributed by atoms with Gasteiger partial charge in [0.1, 0.15) is 11.5 Å². The van der Waals surface area contributed by atoms with Gasteiger partial charge in [0.15, 0.2) is 0 Å². The molecule has 6 nitrogen and oxygen atoms in total. The molecule has 1 aliphatic heterocycles. The fourth-order valence-corrected chi connectivity index (χ4v) is 4.46. The number of amides is 1. The van der Waals surface area contributed by atoms with Gasteiger partial charge >= 0.3 is 0 Å². The highest BCUT2D eigenvalue weighted by Gasteiger charge is 2.24. The van der Waals surface area contributed by atoms with Crippen molar-refractivity contribution < 1.29 is 17.9 Å². The van der Waals surface area contributed by atoms with E-state index in [0.29, 0.717) is 24.5 Å². The van der Waals surface area contributed by atoms with E-state index in [4.69, 9.17) is 4.74 Å². The molecule has 144 valence electrons. The van der Waals surface area contributed by atoms with Crippen molar-refractivity contribution in [1.82, 2.24) is 4.31 Å². The molecule has 7 heteroatoms. The number of ether oxygens (including phenoxy) is 1. The number of hydrogen-bond acceptors (Lipinski definition) is 4. The van der Waals surface area contributed by atoms with Gasteiger partial charge in [0.2, 0.25) is 15.9 Å². The molecule has 1 aliphatic rings. The number of nitrogens with one attached hydrogen (secondary N) is 1. The minimum Gasteiger partial charge on any atom is -0.457 e. The predicted molar refractivity (Wildman–Crippen MR) is 105 cm³/mol. The summed E-state index contributed by atoms with van der Waals surface area (Å²) in [6.45, 7) is 1.12. The van der Waals surface area contributed by atoms with Gasteiger partial charge in [-0.05, 0) is 49.2 Å². The monoisotopic (exact) mass is 388 g/mol. The van der Waals surface area contributed by atoms with Crippen molar-refractivity contribution in [3.8, 4) is 11.5 Å². The molecule has 2 aromatic rings. The van der Waals surface area contributed by atoms with Crippen LogP contribution in [0.1, 0.15) is 25.7 Å². The molecule has 1 amide bonds. The highest BCUT2D eigenvalue weighted by molar-refractivity contribution is 7.89. The first-order valence-electron chi connectivity index (χ1n) is 9.14. The van der Waals surface area contributed by atoms with E-state index in [9.17, 15) is 13.2 Å². The zero-order valence-corrected chi connectivity index (χ0v) is 16.0. The van der Waals surface area contributed by atoms with Crippen molar-refractivity contribution in [3.63, 3.8) is 0 Å². The third kappa shape index (κ3) is 5.80. The van der Waals surface area contributed by atoms with Gasteiger partial charge < -0.3 is 10.1 Å². The molecule has 0 unspecified atom stereocenters. The van der Waals surface area contributed by atoms with Crippen LogP contribution in [-0.4, -0.2) is 37.5 Å². The molecule has 27 heavy (non-hydrogen) atoms. The Morgan fingerprint density at radius 3 is 2.22 bits per heavy atom. The Bertz CT molecular complexity index is 845. The van der Waals surface area contributed by atoms with Crippen LogP contribution in [0.3, 0.4) is 0 Å². The third-order valence-corrected chi connectivity index (χ3v) is 6.28. The molecule has 0 radical (unpaired) electrons. The van der Waals surface area contributed by atoms with Crippen molar-refractivity contribution >= 4 is 21.6 Å². The van der Waals surface area contributed by atoms with Crippen molar-refractivity contribution in [2.45, 2.75) is 25.7 Å². The SMILES string of the molecule is O=C(CCS(=O)(=O)N1CCCCC1)Nc1ccc(Oc2ccccc2)cc1. The minimum atomic E-state index is -3.36. The van der Waals surface area contributed by atoms with Crippen molar-refractivity contribution in [1.29, 1.82) is 0 Å². The van der Waals surface area contributed by atoms with Gasteiger partial charge in [0, 0.05) is 25.2 Å². The Labute approximate surface area is 160 Å². The summed E-state index contributed by atoms with van der Waals surface area (Å²) in [5, 5.41) is 2.73. The summed E-state index contributed by atoms with van der Waals surface area (Å²) in [6.07, 6.45) is 2.79. The Morgan fingerprint density at radius 1 is 0.926 bits per heavy atom. The van der Waals surface area contributed by atoms with Crippen molar-refractivity contribution in [2.24, 2.45) is 0 Å². The summed E-state index contributed by atoms with van der Waals surface area (Å²) in [4.78, 5) is 12.1. The molecular weight excluding hydrogens is 364 g/mol. The van der Waals surface area contributed by atoms with E-state index in [0.717, 1.165) is 25.0 Å². The smallest absolute Gasteiger partial charge is 0.225 e. The summed E-state index contributed by atoms with van der Waals surface area (Å²) in [5.74, 6) is 0.921. The first-order chi connectivity index (χ1) is 13.0. The molecule has 0 bridgehead atoms. The lowest BCUT2D eigenvalue weighted by atomic mass is 10.2. The van der Waals surface area contributed by atoms with E-state index in [1.54, 1.807) is 24.3 Å². The van der Waals surface area contributed by atoms with Gasteiger partial charge in [0.25, 0.3) is 0 Å². The normalized spacial score (nSPS) is 15.3. The lowest BCUT2D eigenvalue weighted by Crippen LogP contribution is -2.37. The molecule has 3 rings (SSSR count). The van der Waals surface area contributed by atoms with Crippen LogP contribution in [0, 0.1) is 0 Å². The fraction of sp³-hybridized carbons (Fsp3) is 0.350. The summed E-state index contributed by atoms with van der Waals surface area (Å²) >= 11 is 0. The number of carbonyl (C=O) groups is 1. The van der Waals surface area contributed by atoms with E-state index < -0.39 is 10.0 Å². The molecule has 0 aliphatic carbocycles. The van der Waals surface area contributed by atoms with Gasteiger partial charge in [-0.25, -0.2) is 12.7 Å². The minimum absolute atomic E-state index is 0.0545. The molecule has 0 aromatic heterocycles. The van der Waals surface area contributed by atoms with E-state index in [1.165, 1.54) is 4.31 Å². The van der Waals surface area contributed by atoms with E-state index in [-0.39, 0.29) is 18.1 Å². The lowest BCUT2D eigenvalue weighted by molar-refractivity contribution is -0.115. The quantitative estimate of drug-likeness (QED) is 0.786. The second kappa shape index (κ2) is 9.01. The molecule has 0 spiro atoms. The van der Waals surface area contributed by atoms with Crippen LogP contribution in [0.5, 0.6) is 11.5 Å². The topological polar surface area (TPSA) is 75.7 Å². The second-order valence-corrected chi connectivity index (χ2v) is 8.60. The average Bonchev–Trinajstić information content (AvgIpc) is 2.70. The number of carbonyl (C=O) groups excluding carboxylic acids is 1. The number of hydrogen-bond donors (Lipinski definition) is 1. The van der Waals surface area contributed by atoms with E-state index in [2.05, 4.69) is 5.32 Å². The predicted octanol–water partition coefficient (Wildman–Crippen LogP) is 3.62. The van der Waals surface area contributed by atoms with Crippen LogP contribution < -0.4 is 10.1 Å². The maximum absolute atomic E-state index is 12.3. The van der Waals surface area contributed by atoms with Gasteiger partial charge in [-0.3, -0.25) is 4.79 Å². The molecule has 1 heterocycles. The zero-order chi connectivity index (χ0) is 19.1. The van der Waals surface area contributed by atoms with Gasteiger partial charge in [-0.1, -0.05) is 24.6 Å². The first-order valence-corrected chi connectivity index (χ1v) is 10.7. The Morgan fingerprint density at radius 2 is 1.56 bits per heavy atom. The molecule has 0 saturated carbocycles.